The smallest absolute Gasteiger partial charge is 0.373 e. The van der Waals surface area contributed by atoms with Gasteiger partial charge >= 0.3 is 11.9 Å². The van der Waals surface area contributed by atoms with Crippen LogP contribution in [0.1, 0.15) is 48.5 Å². The Kier molecular flexibility index (Phi) is 6.69. The van der Waals surface area contributed by atoms with Gasteiger partial charge in [-0.15, -0.1) is 0 Å². The molecule has 0 spiro atoms. The van der Waals surface area contributed by atoms with Gasteiger partial charge in [0.1, 0.15) is 23.1 Å². The van der Waals surface area contributed by atoms with Gasteiger partial charge in [0.25, 0.3) is 0 Å². The minimum absolute atomic E-state index is 0.0371. The van der Waals surface area contributed by atoms with Crippen LogP contribution in [-0.2, 0) is 17.5 Å². The lowest BCUT2D eigenvalue weighted by Crippen LogP contribution is -2.37. The number of H-pyrrole nitrogens is 1. The van der Waals surface area contributed by atoms with Crippen molar-refractivity contribution in [2.24, 2.45) is 0 Å². The molecule has 2 aromatic heterocycles. The van der Waals surface area contributed by atoms with Crippen molar-refractivity contribution >= 4 is 5.69 Å². The van der Waals surface area contributed by atoms with Crippen molar-refractivity contribution in [3.8, 4) is 22.6 Å². The highest BCUT2D eigenvalue weighted by molar-refractivity contribution is 5.68. The van der Waals surface area contributed by atoms with E-state index in [0.717, 1.165) is 31.0 Å². The number of nitrogens with one attached hydrogen (secondary N) is 1. The Labute approximate surface area is 223 Å². The summed E-state index contributed by atoms with van der Waals surface area (Å²) in [5.74, 6) is -2.39. The Morgan fingerprint density at radius 3 is 2.33 bits per heavy atom. The number of aromatic nitrogens is 3. The maximum absolute atomic E-state index is 14.7. The summed E-state index contributed by atoms with van der Waals surface area (Å²) in [7, 11) is 0. The first kappa shape index (κ1) is 26.2. The fourth-order valence-corrected chi connectivity index (χ4v) is 5.06. The molecule has 13 heteroatoms. The lowest BCUT2D eigenvalue weighted by atomic mass is 9.99. The molecule has 1 saturated carbocycles. The third-order valence-electron chi connectivity index (χ3n) is 7.23. The summed E-state index contributed by atoms with van der Waals surface area (Å²) in [6, 6.07) is 7.58. The molecule has 4 aromatic rings. The summed E-state index contributed by atoms with van der Waals surface area (Å²) < 4.78 is 86.5. The highest BCUT2D eigenvalue weighted by atomic mass is 19.4. The molecule has 210 valence electrons. The van der Waals surface area contributed by atoms with Crippen LogP contribution in [0.15, 0.2) is 50.2 Å². The topological polar surface area (TPSA) is 97.4 Å². The van der Waals surface area contributed by atoms with E-state index in [0.29, 0.717) is 42.9 Å². The number of ether oxygens (including phenoxy) is 1. The largest absolute Gasteiger partial charge is 0.439 e. The van der Waals surface area contributed by atoms with Crippen LogP contribution in [0, 0.1) is 11.6 Å². The molecule has 1 N–H and O–H groups in total. The second-order valence-corrected chi connectivity index (χ2v) is 9.92. The van der Waals surface area contributed by atoms with Gasteiger partial charge in [0.2, 0.25) is 0 Å². The third-order valence-corrected chi connectivity index (χ3v) is 7.23. The number of piperidine rings is 1. The van der Waals surface area contributed by atoms with Crippen molar-refractivity contribution in [3.05, 3.63) is 75.5 Å². The molecule has 6 rings (SSSR count). The SMILES string of the molecule is O=c1[nH]c(-c2c(F)cc(N3CCC(OCc4c(-c5ccccc5C(F)(F)F)noc4C4CC4)CC3)cc2F)no1. The van der Waals surface area contributed by atoms with Gasteiger partial charge in [-0.1, -0.05) is 28.5 Å². The molecule has 0 bridgehead atoms. The number of hydrogen-bond donors (Lipinski definition) is 1. The molecule has 3 heterocycles. The van der Waals surface area contributed by atoms with E-state index in [2.05, 4.69) is 19.8 Å². The number of aromatic amines is 1. The molecule has 0 radical (unpaired) electrons. The van der Waals surface area contributed by atoms with E-state index in [1.54, 1.807) is 4.90 Å². The van der Waals surface area contributed by atoms with Gasteiger partial charge < -0.3 is 14.2 Å². The summed E-state index contributed by atoms with van der Waals surface area (Å²) in [5, 5.41) is 7.36. The predicted octanol–water partition coefficient (Wildman–Crippen LogP) is 6.04. The van der Waals surface area contributed by atoms with E-state index >= 15 is 0 Å². The van der Waals surface area contributed by atoms with Crippen LogP contribution in [0.2, 0.25) is 0 Å². The highest BCUT2D eigenvalue weighted by Crippen LogP contribution is 2.46. The second kappa shape index (κ2) is 10.2. The zero-order valence-electron chi connectivity index (χ0n) is 20.9. The van der Waals surface area contributed by atoms with Crippen LogP contribution in [-0.4, -0.2) is 34.5 Å². The summed E-state index contributed by atoms with van der Waals surface area (Å²) in [4.78, 5) is 15.1. The molecule has 1 aliphatic heterocycles. The molecule has 1 saturated heterocycles. The van der Waals surface area contributed by atoms with E-state index in [4.69, 9.17) is 9.26 Å². The Hall–Kier alpha value is -4.00. The number of anilines is 1. The van der Waals surface area contributed by atoms with Crippen LogP contribution in [0.4, 0.5) is 27.6 Å². The van der Waals surface area contributed by atoms with Crippen molar-refractivity contribution in [3.63, 3.8) is 0 Å². The molecule has 2 aliphatic rings. The van der Waals surface area contributed by atoms with Crippen molar-refractivity contribution in [2.75, 3.05) is 18.0 Å². The van der Waals surface area contributed by atoms with Crippen molar-refractivity contribution in [1.29, 1.82) is 0 Å². The average Bonchev–Trinajstić information content (AvgIpc) is 3.54. The third kappa shape index (κ3) is 5.12. The number of halogens is 5. The van der Waals surface area contributed by atoms with Crippen LogP contribution < -0.4 is 10.7 Å². The Bertz CT molecular complexity index is 1560. The van der Waals surface area contributed by atoms with E-state index in [1.807, 2.05) is 0 Å². The molecule has 8 nitrogen and oxygen atoms in total. The van der Waals surface area contributed by atoms with Crippen molar-refractivity contribution in [1.82, 2.24) is 15.3 Å². The van der Waals surface area contributed by atoms with Gasteiger partial charge in [-0.25, -0.2) is 13.6 Å². The van der Waals surface area contributed by atoms with Gasteiger partial charge in [-0.2, -0.15) is 13.2 Å². The number of nitrogens with zero attached hydrogens (tertiary/aromatic N) is 3. The lowest BCUT2D eigenvalue weighted by molar-refractivity contribution is -0.137. The number of hydrogen-bond acceptors (Lipinski definition) is 7. The first-order chi connectivity index (χ1) is 19.2. The molecule has 0 unspecified atom stereocenters. The second-order valence-electron chi connectivity index (χ2n) is 9.92. The molecule has 40 heavy (non-hydrogen) atoms. The lowest BCUT2D eigenvalue weighted by Gasteiger charge is -2.33. The van der Waals surface area contributed by atoms with Gasteiger partial charge in [-0.3, -0.25) is 9.51 Å². The van der Waals surface area contributed by atoms with Crippen LogP contribution in [0.25, 0.3) is 22.6 Å². The maximum Gasteiger partial charge on any atom is 0.439 e. The van der Waals surface area contributed by atoms with E-state index in [1.165, 1.54) is 18.2 Å². The fourth-order valence-electron chi connectivity index (χ4n) is 5.06. The summed E-state index contributed by atoms with van der Waals surface area (Å²) in [5.41, 5.74) is -0.360. The summed E-state index contributed by atoms with van der Waals surface area (Å²) >= 11 is 0. The Balaban J connectivity index is 1.15. The van der Waals surface area contributed by atoms with Gasteiger partial charge in [0.15, 0.2) is 5.82 Å². The molecule has 1 aliphatic carbocycles. The standard InChI is InChI=1S/C27H23F5N4O4/c28-20-11-15(12-21(29)22(20)25-33-26(37)40-35-25)36-9-7-16(8-10-36)38-13-18-23(34-39-24(18)14-5-6-14)17-3-1-2-4-19(17)27(30,31)32/h1-4,11-12,14,16H,5-10,13H2,(H,33,35,37). The minimum Gasteiger partial charge on any atom is -0.373 e. The minimum atomic E-state index is -4.55. The van der Waals surface area contributed by atoms with E-state index in [9.17, 15) is 26.7 Å². The Morgan fingerprint density at radius 2 is 1.70 bits per heavy atom. The quantitative estimate of drug-likeness (QED) is 0.274. The maximum atomic E-state index is 14.7. The molecule has 0 amide bonds. The fraction of sp³-hybridized carbons (Fsp3) is 0.370. The number of benzene rings is 2. The van der Waals surface area contributed by atoms with Gasteiger partial charge in [-0.05, 0) is 43.9 Å². The van der Waals surface area contributed by atoms with E-state index < -0.39 is 34.7 Å². The zero-order valence-corrected chi connectivity index (χ0v) is 20.9. The van der Waals surface area contributed by atoms with Crippen LogP contribution in [0.5, 0.6) is 0 Å². The normalized spacial score (nSPS) is 16.6. The van der Waals surface area contributed by atoms with Gasteiger partial charge in [0, 0.05) is 35.8 Å². The first-order valence-electron chi connectivity index (χ1n) is 12.8. The van der Waals surface area contributed by atoms with Crippen molar-refractivity contribution < 1.29 is 35.7 Å². The average molecular weight is 562 g/mol. The monoisotopic (exact) mass is 562 g/mol. The molecule has 2 fully saturated rings. The number of rotatable bonds is 7. The Morgan fingerprint density at radius 1 is 1.00 bits per heavy atom. The van der Waals surface area contributed by atoms with E-state index in [-0.39, 0.29) is 35.7 Å². The highest BCUT2D eigenvalue weighted by Gasteiger charge is 2.38. The molecule has 0 atom stereocenters. The summed E-state index contributed by atoms with van der Waals surface area (Å²) in [6.45, 7) is 0.911. The van der Waals surface area contributed by atoms with Gasteiger partial charge in [0.05, 0.1) is 23.8 Å². The summed E-state index contributed by atoms with van der Waals surface area (Å²) in [6.07, 6.45) is -1.97. The molecule has 2 aromatic carbocycles. The van der Waals surface area contributed by atoms with Crippen LogP contribution in [0.3, 0.4) is 0 Å². The molecular formula is C27H23F5N4O4. The van der Waals surface area contributed by atoms with Crippen molar-refractivity contribution in [2.45, 2.75) is 50.5 Å². The van der Waals surface area contributed by atoms with Crippen LogP contribution >= 0.6 is 0 Å². The predicted molar refractivity (Wildman–Crippen MR) is 131 cm³/mol. The number of alkyl halides is 3. The molecular weight excluding hydrogens is 539 g/mol. The zero-order chi connectivity index (χ0) is 28.0. The first-order valence-corrected chi connectivity index (χ1v) is 12.8.